The number of phenolic OH excluding ortho intramolecular Hbond substituents is 1. The maximum atomic E-state index is 11.8. The molecule has 30 heavy (non-hydrogen) atoms. The van der Waals surface area contributed by atoms with Gasteiger partial charge < -0.3 is 25.2 Å². The van der Waals surface area contributed by atoms with Crippen LogP contribution in [0.4, 0.5) is 0 Å². The van der Waals surface area contributed by atoms with E-state index in [1.54, 1.807) is 0 Å². The van der Waals surface area contributed by atoms with Gasteiger partial charge in [0.1, 0.15) is 17.1 Å². The first kappa shape index (κ1) is 21.1. The number of carbonyl (C=O) groups excluding carboxylic acids is 1. The lowest BCUT2D eigenvalue weighted by molar-refractivity contribution is -0.240. The van der Waals surface area contributed by atoms with Crippen molar-refractivity contribution in [2.45, 2.75) is 71.2 Å². The Morgan fingerprint density at radius 2 is 1.90 bits per heavy atom. The molecule has 0 saturated heterocycles. The van der Waals surface area contributed by atoms with Gasteiger partial charge in [-0.2, -0.15) is 0 Å². The summed E-state index contributed by atoms with van der Waals surface area (Å²) in [6, 6.07) is 1.12. The molecular formula is C23H30O7. The molecule has 4 N–H and O–H groups in total. The minimum atomic E-state index is -1.31. The lowest BCUT2D eigenvalue weighted by atomic mass is 9.43. The summed E-state index contributed by atoms with van der Waals surface area (Å²) in [5.74, 6) is -1.29. The molecule has 7 nitrogen and oxygen atoms in total. The van der Waals surface area contributed by atoms with E-state index in [2.05, 4.69) is 13.8 Å². The van der Waals surface area contributed by atoms with Gasteiger partial charge in [-0.15, -0.1) is 0 Å². The topological polar surface area (TPSA) is 124 Å². The van der Waals surface area contributed by atoms with Crippen LogP contribution in [0.1, 0.15) is 73.2 Å². The number of aromatic hydroxyl groups is 1. The second-order valence-electron chi connectivity index (χ2n) is 10.2. The number of fused-ring (bicyclic) bond motifs is 3. The van der Waals surface area contributed by atoms with Gasteiger partial charge in [-0.05, 0) is 42.6 Å². The summed E-state index contributed by atoms with van der Waals surface area (Å²) in [7, 11) is 0. The summed E-state index contributed by atoms with van der Waals surface area (Å²) in [5.41, 5.74) is -1.86. The molecule has 1 aromatic rings. The van der Waals surface area contributed by atoms with Crippen molar-refractivity contribution >= 4 is 12.3 Å². The maximum Gasteiger partial charge on any atom is 0.336 e. The lowest BCUT2D eigenvalue weighted by Crippen LogP contribution is -2.69. The van der Waals surface area contributed by atoms with E-state index in [1.165, 1.54) is 0 Å². The SMILES string of the molecule is C[C@@H]1CC[C@H]2C(C)(C)[C@H](O)[C@H](O)C[C@]2(C)[C@@]12Cc1c(O)cc(C(=O)O)c(C=O)c1O2. The highest BCUT2D eigenvalue weighted by atomic mass is 16.5. The zero-order valence-electron chi connectivity index (χ0n) is 17.8. The highest BCUT2D eigenvalue weighted by Gasteiger charge is 2.68. The van der Waals surface area contributed by atoms with E-state index in [1.807, 2.05) is 13.8 Å². The van der Waals surface area contributed by atoms with Gasteiger partial charge in [-0.1, -0.05) is 27.7 Å². The summed E-state index contributed by atoms with van der Waals surface area (Å²) in [6.45, 7) is 8.05. The van der Waals surface area contributed by atoms with Gasteiger partial charge in [0.2, 0.25) is 0 Å². The van der Waals surface area contributed by atoms with Gasteiger partial charge in [0.05, 0.1) is 23.3 Å². The van der Waals surface area contributed by atoms with Crippen molar-refractivity contribution in [3.05, 3.63) is 22.8 Å². The third kappa shape index (κ3) is 2.45. The molecule has 3 aliphatic rings. The normalized spacial score (nSPS) is 39.1. The number of aliphatic hydroxyl groups is 2. The van der Waals surface area contributed by atoms with Gasteiger partial charge in [0.25, 0.3) is 0 Å². The fourth-order valence-electron chi connectivity index (χ4n) is 6.94. The fourth-order valence-corrected chi connectivity index (χ4v) is 6.94. The Labute approximate surface area is 175 Å². The van der Waals surface area contributed by atoms with E-state index in [9.17, 15) is 30.0 Å². The van der Waals surface area contributed by atoms with Crippen LogP contribution in [-0.2, 0) is 6.42 Å². The average molecular weight is 418 g/mol. The van der Waals surface area contributed by atoms with Crippen LogP contribution >= 0.6 is 0 Å². The molecule has 6 atom stereocenters. The van der Waals surface area contributed by atoms with Crippen molar-refractivity contribution in [3.8, 4) is 11.5 Å². The Morgan fingerprint density at radius 1 is 1.23 bits per heavy atom. The number of aromatic carboxylic acids is 1. The van der Waals surface area contributed by atoms with Crippen LogP contribution in [0.5, 0.6) is 11.5 Å². The zero-order valence-corrected chi connectivity index (χ0v) is 17.8. The standard InChI is InChI=1S/C23H30O7/c1-11-5-6-17-21(2,3)19(27)16(26)9-22(17,4)23(11)8-13-15(25)7-12(20(28)29)14(10-24)18(13)30-23/h7,10-11,16-17,19,25-27H,5-6,8-9H2,1-4H3,(H,28,29)/t11-,16-,17+,19-,22+,23-/m1/s1. The van der Waals surface area contributed by atoms with E-state index in [0.717, 1.165) is 18.9 Å². The summed E-state index contributed by atoms with van der Waals surface area (Å²) < 4.78 is 6.54. The van der Waals surface area contributed by atoms with Gasteiger partial charge in [0, 0.05) is 17.4 Å². The van der Waals surface area contributed by atoms with Gasteiger partial charge in [-0.25, -0.2) is 4.79 Å². The summed E-state index contributed by atoms with van der Waals surface area (Å²) in [6.07, 6.45) is 1.02. The number of ether oxygens (including phenoxy) is 1. The van der Waals surface area contributed by atoms with Crippen LogP contribution in [0.15, 0.2) is 6.07 Å². The van der Waals surface area contributed by atoms with Crippen LogP contribution in [0.25, 0.3) is 0 Å². The van der Waals surface area contributed by atoms with Crippen LogP contribution in [0.3, 0.4) is 0 Å². The van der Waals surface area contributed by atoms with Crippen molar-refractivity contribution in [3.63, 3.8) is 0 Å². The van der Waals surface area contributed by atoms with Crippen LogP contribution < -0.4 is 4.74 Å². The predicted molar refractivity (Wildman–Crippen MR) is 108 cm³/mol. The number of aldehydes is 1. The molecule has 0 bridgehead atoms. The Morgan fingerprint density at radius 3 is 2.50 bits per heavy atom. The number of hydrogen-bond donors (Lipinski definition) is 4. The second-order valence-corrected chi connectivity index (χ2v) is 10.2. The number of rotatable bonds is 2. The molecule has 1 heterocycles. The Kier molecular flexibility index (Phi) is 4.53. The molecule has 4 rings (SSSR count). The molecule has 0 radical (unpaired) electrons. The number of hydrogen-bond acceptors (Lipinski definition) is 6. The highest BCUT2D eigenvalue weighted by molar-refractivity contribution is 6.00. The van der Waals surface area contributed by atoms with Crippen LogP contribution in [0, 0.1) is 22.7 Å². The minimum Gasteiger partial charge on any atom is -0.508 e. The first-order valence-electron chi connectivity index (χ1n) is 10.5. The third-order valence-electron chi connectivity index (χ3n) is 8.55. The van der Waals surface area contributed by atoms with E-state index in [0.29, 0.717) is 24.7 Å². The molecular weight excluding hydrogens is 388 g/mol. The van der Waals surface area contributed by atoms with Crippen molar-refractivity contribution in [1.29, 1.82) is 0 Å². The third-order valence-corrected chi connectivity index (χ3v) is 8.55. The second kappa shape index (κ2) is 6.44. The number of carbonyl (C=O) groups is 2. The van der Waals surface area contributed by atoms with E-state index in [-0.39, 0.29) is 34.5 Å². The van der Waals surface area contributed by atoms with Crippen LogP contribution in [0.2, 0.25) is 0 Å². The molecule has 1 aliphatic heterocycles. The maximum absolute atomic E-state index is 11.8. The number of carboxylic acid groups (broad SMARTS) is 1. The smallest absolute Gasteiger partial charge is 0.336 e. The molecule has 0 amide bonds. The fraction of sp³-hybridized carbons (Fsp3) is 0.652. The minimum absolute atomic E-state index is 0.0367. The van der Waals surface area contributed by atoms with Gasteiger partial charge in [-0.3, -0.25) is 4.79 Å². The highest BCUT2D eigenvalue weighted by Crippen LogP contribution is 2.66. The number of phenols is 1. The molecule has 2 aliphatic carbocycles. The summed E-state index contributed by atoms with van der Waals surface area (Å²) in [4.78, 5) is 23.5. The zero-order chi connectivity index (χ0) is 22.2. The Bertz CT molecular complexity index is 923. The van der Waals surface area contributed by atoms with E-state index < -0.39 is 34.6 Å². The molecule has 0 unspecified atom stereocenters. The molecule has 2 saturated carbocycles. The largest absolute Gasteiger partial charge is 0.508 e. The quantitative estimate of drug-likeness (QED) is 0.544. The Balaban J connectivity index is 1.90. The predicted octanol–water partition coefficient (Wildman–Crippen LogP) is 2.78. The van der Waals surface area contributed by atoms with E-state index >= 15 is 0 Å². The van der Waals surface area contributed by atoms with Gasteiger partial charge >= 0.3 is 5.97 Å². The monoisotopic (exact) mass is 418 g/mol. The summed E-state index contributed by atoms with van der Waals surface area (Å²) >= 11 is 0. The van der Waals surface area contributed by atoms with E-state index in [4.69, 9.17) is 4.74 Å². The number of carboxylic acids is 1. The van der Waals surface area contributed by atoms with Crippen molar-refractivity contribution in [2.75, 3.05) is 0 Å². The van der Waals surface area contributed by atoms with Crippen LogP contribution in [-0.4, -0.2) is 50.5 Å². The van der Waals surface area contributed by atoms with Crippen molar-refractivity contribution < 1.29 is 34.8 Å². The average Bonchev–Trinajstić information content (AvgIpc) is 3.07. The molecule has 1 spiro atoms. The van der Waals surface area contributed by atoms with Gasteiger partial charge in [0.15, 0.2) is 6.29 Å². The van der Waals surface area contributed by atoms with Crippen molar-refractivity contribution in [2.24, 2.45) is 22.7 Å². The van der Waals surface area contributed by atoms with Crippen molar-refractivity contribution in [1.82, 2.24) is 0 Å². The molecule has 1 aromatic carbocycles. The first-order valence-corrected chi connectivity index (χ1v) is 10.5. The number of benzene rings is 1. The number of aliphatic hydroxyl groups excluding tert-OH is 2. The molecule has 7 heteroatoms. The molecule has 2 fully saturated rings. The lowest BCUT2D eigenvalue weighted by Gasteiger charge is -2.64. The molecule has 164 valence electrons. The summed E-state index contributed by atoms with van der Waals surface area (Å²) in [5, 5.41) is 41.6. The Hall–Kier alpha value is -2.12. The first-order chi connectivity index (χ1) is 13.9. The molecule has 0 aromatic heterocycles.